The molecule has 2 heterocycles. The maximum atomic E-state index is 13.8. The topological polar surface area (TPSA) is 59.1 Å². The number of fused-ring (bicyclic) bond motifs is 1. The van der Waals surface area contributed by atoms with Gasteiger partial charge in [-0.25, -0.2) is 13.6 Å². The summed E-state index contributed by atoms with van der Waals surface area (Å²) in [5, 5.41) is 2.31. The number of carbonyl (C=O) groups is 2. The Balaban J connectivity index is 1.41. The van der Waals surface area contributed by atoms with E-state index < -0.39 is 18.1 Å². The number of hydrogen-bond donors (Lipinski definition) is 0. The van der Waals surface area contributed by atoms with E-state index in [4.69, 9.17) is 9.47 Å². The summed E-state index contributed by atoms with van der Waals surface area (Å²) in [5.41, 5.74) is 1.47. The predicted octanol–water partition coefficient (Wildman–Crippen LogP) is 6.17. The lowest BCUT2D eigenvalue weighted by Crippen LogP contribution is -2.55. The van der Waals surface area contributed by atoms with E-state index in [0.717, 1.165) is 61.4 Å². The number of hydrogen-bond acceptors (Lipinski definition) is 5. The van der Waals surface area contributed by atoms with Gasteiger partial charge in [0.25, 0.3) is 5.92 Å². The normalized spacial score (nSPS) is 22.5. The highest BCUT2D eigenvalue weighted by molar-refractivity contribution is 6.00. The van der Waals surface area contributed by atoms with Crippen molar-refractivity contribution >= 4 is 24.2 Å². The van der Waals surface area contributed by atoms with Crippen molar-refractivity contribution in [3.05, 3.63) is 33.7 Å². The molecule has 0 aromatic heterocycles. The van der Waals surface area contributed by atoms with Gasteiger partial charge in [0, 0.05) is 67.5 Å². The fraction of sp³-hybridized carbons (Fsp3) is 0.714. The maximum Gasteiger partial charge on any atom is 0.410 e. The molecule has 240 valence electrons. The average Bonchev–Trinajstić information content (AvgIpc) is 3.08. The first kappa shape index (κ1) is 33.4. The number of halogens is 2. The molecule has 6 nitrogen and oxygen atoms in total. The Kier molecular flexibility index (Phi) is 10.9. The highest BCUT2D eigenvalue weighted by Crippen LogP contribution is 2.40. The Bertz CT molecular complexity index is 1260. The van der Waals surface area contributed by atoms with E-state index in [-0.39, 0.29) is 30.1 Å². The molecule has 1 aromatic carbocycles. The Morgan fingerprint density at radius 3 is 2.44 bits per heavy atom. The quantitative estimate of drug-likeness (QED) is 0.188. The molecule has 0 spiro atoms. The molecule has 1 aliphatic carbocycles. The fourth-order valence-corrected chi connectivity index (χ4v) is 6.32. The van der Waals surface area contributed by atoms with Gasteiger partial charge in [-0.2, -0.15) is 0 Å². The lowest BCUT2D eigenvalue weighted by Gasteiger charge is -2.43. The van der Waals surface area contributed by atoms with E-state index in [1.54, 1.807) is 4.90 Å². The molecule has 3 atom stereocenters. The smallest absolute Gasteiger partial charge is 0.410 e. The molecular weight excluding hydrogens is 550 g/mol. The molecule has 0 bridgehead atoms. The van der Waals surface area contributed by atoms with Crippen LogP contribution in [0.25, 0.3) is 12.3 Å². The summed E-state index contributed by atoms with van der Waals surface area (Å²) in [7, 11) is 0. The van der Waals surface area contributed by atoms with Crippen LogP contribution >= 0.6 is 0 Å². The zero-order valence-electron chi connectivity index (χ0n) is 27.1. The lowest BCUT2D eigenvalue weighted by molar-refractivity contribution is -0.0800. The summed E-state index contributed by atoms with van der Waals surface area (Å²) in [4.78, 5) is 30.6. The number of nitrogens with zero attached hydrogens (tertiary/aromatic N) is 2. The van der Waals surface area contributed by atoms with Gasteiger partial charge in [-0.3, -0.25) is 4.79 Å². The lowest BCUT2D eigenvalue weighted by atomic mass is 9.67. The summed E-state index contributed by atoms with van der Waals surface area (Å²) >= 11 is 0. The van der Waals surface area contributed by atoms with Crippen LogP contribution in [0, 0.1) is 17.8 Å². The molecular formula is C35H52F2N2O4. The van der Waals surface area contributed by atoms with E-state index >= 15 is 0 Å². The van der Waals surface area contributed by atoms with Gasteiger partial charge >= 0.3 is 6.09 Å². The highest BCUT2D eigenvalue weighted by Gasteiger charge is 2.38. The molecule has 43 heavy (non-hydrogen) atoms. The van der Waals surface area contributed by atoms with Crippen molar-refractivity contribution in [3.8, 4) is 0 Å². The van der Waals surface area contributed by atoms with E-state index in [1.807, 2.05) is 26.8 Å². The van der Waals surface area contributed by atoms with E-state index in [2.05, 4.69) is 37.1 Å². The van der Waals surface area contributed by atoms with Crippen LogP contribution < -0.4 is 10.4 Å². The first-order chi connectivity index (χ1) is 20.4. The van der Waals surface area contributed by atoms with Gasteiger partial charge in [0.15, 0.2) is 5.78 Å². The molecule has 2 aliphatic heterocycles. The van der Waals surface area contributed by atoms with Gasteiger partial charge in [-0.05, 0) is 82.4 Å². The minimum Gasteiger partial charge on any atom is -0.443 e. The standard InChI is InChI=1S/C35H52F2N2O4/c1-7-28-30(32(40)29-16-14-26(29)11-10-18-42-23-35(36,37)9-3)17-15-27-13-12-24(4)38(22-31(27)28)19-25-20-39(21-25)33(41)43-34(5,6)8-2/h13,15,17,22,24-26,29H,7-12,14,16,18-21,23H2,1-6H3. The van der Waals surface area contributed by atoms with Crippen molar-refractivity contribution in [3.63, 3.8) is 0 Å². The van der Waals surface area contributed by atoms with E-state index in [1.165, 1.54) is 12.1 Å². The van der Waals surface area contributed by atoms with E-state index in [9.17, 15) is 18.4 Å². The number of ketones is 1. The van der Waals surface area contributed by atoms with Crippen LogP contribution in [0.2, 0.25) is 0 Å². The molecule has 0 radical (unpaired) electrons. The molecule has 4 rings (SSSR count). The Labute approximate surface area is 256 Å². The predicted molar refractivity (Wildman–Crippen MR) is 167 cm³/mol. The van der Waals surface area contributed by atoms with Crippen LogP contribution in [0.3, 0.4) is 0 Å². The Morgan fingerprint density at radius 1 is 1.07 bits per heavy atom. The molecule has 0 N–H and O–H groups in total. The minimum atomic E-state index is -2.77. The second-order valence-electron chi connectivity index (χ2n) is 13.5. The molecule has 1 aromatic rings. The van der Waals surface area contributed by atoms with Crippen molar-refractivity contribution in [1.82, 2.24) is 9.80 Å². The summed E-state index contributed by atoms with van der Waals surface area (Å²) < 4.78 is 37.7. The van der Waals surface area contributed by atoms with Gasteiger partial charge in [-0.15, -0.1) is 0 Å². The molecule has 1 saturated carbocycles. The molecule has 2 fully saturated rings. The highest BCUT2D eigenvalue weighted by atomic mass is 19.3. The van der Waals surface area contributed by atoms with Gasteiger partial charge in [0.05, 0.1) is 0 Å². The number of ether oxygens (including phenoxy) is 2. The summed E-state index contributed by atoms with van der Waals surface area (Å²) in [6, 6.07) is 4.43. The minimum absolute atomic E-state index is 0.0105. The Morgan fingerprint density at radius 2 is 1.81 bits per heavy atom. The van der Waals surface area contributed by atoms with Crippen molar-refractivity contribution < 1.29 is 27.8 Å². The number of benzene rings is 1. The van der Waals surface area contributed by atoms with Crippen LogP contribution in [-0.4, -0.2) is 72.1 Å². The molecule has 1 amide bonds. The van der Waals surface area contributed by atoms with E-state index in [0.29, 0.717) is 38.1 Å². The monoisotopic (exact) mass is 602 g/mol. The van der Waals surface area contributed by atoms with Crippen molar-refractivity contribution in [2.75, 3.05) is 32.8 Å². The van der Waals surface area contributed by atoms with Gasteiger partial charge in [0.2, 0.25) is 0 Å². The number of alkyl halides is 2. The van der Waals surface area contributed by atoms with Crippen LogP contribution in [0.4, 0.5) is 13.6 Å². The number of amides is 1. The zero-order chi connectivity index (χ0) is 31.4. The summed E-state index contributed by atoms with van der Waals surface area (Å²) in [6.07, 6.45) is 9.96. The van der Waals surface area contributed by atoms with Gasteiger partial charge in [0.1, 0.15) is 12.2 Å². The molecule has 8 heteroatoms. The number of Topliss-reactive ketones (excluding diaryl/α,β-unsaturated/α-hetero) is 1. The first-order valence-corrected chi connectivity index (χ1v) is 16.4. The molecule has 1 saturated heterocycles. The van der Waals surface area contributed by atoms with Crippen LogP contribution in [0.1, 0.15) is 102 Å². The van der Waals surface area contributed by atoms with Gasteiger partial charge < -0.3 is 19.3 Å². The van der Waals surface area contributed by atoms with Gasteiger partial charge in [-0.1, -0.05) is 39.0 Å². The van der Waals surface area contributed by atoms with Crippen LogP contribution in [0.5, 0.6) is 0 Å². The summed E-state index contributed by atoms with van der Waals surface area (Å²) in [6.45, 7) is 13.7. The zero-order valence-corrected chi connectivity index (χ0v) is 27.1. The number of likely N-dealkylation sites (tertiary alicyclic amines) is 1. The Hall–Kier alpha value is -2.48. The SMILES string of the molecule is CCc1c(C(=O)C2CCC2CCCOCC(F)(F)CC)ccc2c1=CN(CC1CN(C(=O)OC(C)(C)CC)C1)C(C)CC=2. The second kappa shape index (κ2) is 14.1. The fourth-order valence-electron chi connectivity index (χ4n) is 6.32. The first-order valence-electron chi connectivity index (χ1n) is 16.4. The molecule has 3 aliphatic rings. The maximum absolute atomic E-state index is 13.8. The second-order valence-corrected chi connectivity index (χ2v) is 13.5. The van der Waals surface area contributed by atoms with Crippen LogP contribution in [0.15, 0.2) is 12.1 Å². The van der Waals surface area contributed by atoms with Crippen molar-refractivity contribution in [2.45, 2.75) is 110 Å². The van der Waals surface area contributed by atoms with Crippen molar-refractivity contribution in [1.29, 1.82) is 0 Å². The third-order valence-electron chi connectivity index (χ3n) is 9.90. The third kappa shape index (κ3) is 8.17. The summed E-state index contributed by atoms with van der Waals surface area (Å²) in [5.74, 6) is -1.90. The molecule has 3 unspecified atom stereocenters. The third-order valence-corrected chi connectivity index (χ3v) is 9.90. The van der Waals surface area contributed by atoms with Crippen molar-refractivity contribution in [2.24, 2.45) is 17.8 Å². The van der Waals surface area contributed by atoms with Crippen LogP contribution in [-0.2, 0) is 15.9 Å². The average molecular weight is 603 g/mol. The number of rotatable bonds is 14. The largest absolute Gasteiger partial charge is 0.443 e. The number of carbonyl (C=O) groups excluding carboxylic acids is 2.